The Morgan fingerprint density at radius 2 is 1.91 bits per heavy atom. The van der Waals surface area contributed by atoms with Crippen LogP contribution >= 0.6 is 12.2 Å². The van der Waals surface area contributed by atoms with Crippen molar-refractivity contribution in [2.75, 3.05) is 12.4 Å². The number of aromatic nitrogens is 1. The van der Waals surface area contributed by atoms with E-state index in [0.29, 0.717) is 28.8 Å². The molecule has 7 heteroatoms. The zero-order valence-corrected chi connectivity index (χ0v) is 19.7. The van der Waals surface area contributed by atoms with Gasteiger partial charge >= 0.3 is 0 Å². The second-order valence-electron chi connectivity index (χ2n) is 8.09. The monoisotopic (exact) mass is 459 g/mol. The maximum Gasteiger partial charge on any atom is 0.257 e. The van der Waals surface area contributed by atoms with Crippen LogP contribution in [0.25, 0.3) is 22.6 Å². The number of benzene rings is 3. The Bertz CT molecular complexity index is 1340. The first-order valence-corrected chi connectivity index (χ1v) is 11.0. The molecule has 0 atom stereocenters. The van der Waals surface area contributed by atoms with Crippen molar-refractivity contribution in [2.24, 2.45) is 0 Å². The van der Waals surface area contributed by atoms with Gasteiger partial charge in [0.1, 0.15) is 11.3 Å². The highest BCUT2D eigenvalue weighted by Crippen LogP contribution is 2.32. The minimum absolute atomic E-state index is 0.163. The van der Waals surface area contributed by atoms with Crippen molar-refractivity contribution >= 4 is 40.0 Å². The fourth-order valence-corrected chi connectivity index (χ4v) is 3.68. The Morgan fingerprint density at radius 3 is 2.64 bits per heavy atom. The summed E-state index contributed by atoms with van der Waals surface area (Å²) in [5.41, 5.74) is 5.61. The summed E-state index contributed by atoms with van der Waals surface area (Å²) in [7, 11) is 1.57. The van der Waals surface area contributed by atoms with E-state index in [1.54, 1.807) is 25.3 Å². The second-order valence-corrected chi connectivity index (χ2v) is 8.50. The molecule has 0 bridgehead atoms. The van der Waals surface area contributed by atoms with Gasteiger partial charge in [-0.15, -0.1) is 0 Å². The number of amides is 1. The van der Waals surface area contributed by atoms with Gasteiger partial charge in [-0.25, -0.2) is 4.98 Å². The summed E-state index contributed by atoms with van der Waals surface area (Å²) in [6.07, 6.45) is 0. The summed E-state index contributed by atoms with van der Waals surface area (Å²) in [5, 5.41) is 5.92. The SMILES string of the molecule is COc1ccc(-c2nc3cc(C(C)C)ccc3o2)cc1NC(=S)NC(=O)c1cccc(C)c1. The van der Waals surface area contributed by atoms with Gasteiger partial charge in [0.2, 0.25) is 5.89 Å². The lowest BCUT2D eigenvalue weighted by atomic mass is 10.0. The average Bonchev–Trinajstić information content (AvgIpc) is 3.22. The Hall–Kier alpha value is -3.71. The molecular weight excluding hydrogens is 434 g/mol. The van der Waals surface area contributed by atoms with E-state index in [1.165, 1.54) is 5.56 Å². The third-order valence-electron chi connectivity index (χ3n) is 5.28. The predicted molar refractivity (Wildman–Crippen MR) is 135 cm³/mol. The Kier molecular flexibility index (Phi) is 6.42. The zero-order valence-electron chi connectivity index (χ0n) is 18.9. The van der Waals surface area contributed by atoms with Crippen LogP contribution in [0.1, 0.15) is 41.3 Å². The number of hydrogen-bond donors (Lipinski definition) is 2. The number of ether oxygens (including phenoxy) is 1. The lowest BCUT2D eigenvalue weighted by Crippen LogP contribution is -2.34. The number of fused-ring (bicyclic) bond motifs is 1. The molecule has 0 unspecified atom stereocenters. The Labute approximate surface area is 198 Å². The Balaban J connectivity index is 1.57. The van der Waals surface area contributed by atoms with Gasteiger partial charge in [-0.1, -0.05) is 37.6 Å². The molecule has 4 rings (SSSR count). The molecule has 2 N–H and O–H groups in total. The minimum Gasteiger partial charge on any atom is -0.495 e. The average molecular weight is 460 g/mol. The fourth-order valence-electron chi connectivity index (χ4n) is 3.48. The van der Waals surface area contributed by atoms with Crippen molar-refractivity contribution in [1.82, 2.24) is 10.3 Å². The molecule has 3 aromatic carbocycles. The number of carbonyl (C=O) groups is 1. The van der Waals surface area contributed by atoms with E-state index >= 15 is 0 Å². The molecule has 0 saturated carbocycles. The number of oxazole rings is 1. The molecule has 1 aromatic heterocycles. The molecule has 0 saturated heterocycles. The quantitative estimate of drug-likeness (QED) is 0.353. The number of carbonyl (C=O) groups excluding carboxylic acids is 1. The van der Waals surface area contributed by atoms with Crippen LogP contribution in [0.15, 0.2) is 65.1 Å². The molecule has 0 fully saturated rings. The number of thiocarbonyl (C=S) groups is 1. The Morgan fingerprint density at radius 1 is 1.09 bits per heavy atom. The van der Waals surface area contributed by atoms with Crippen LogP contribution in [0.3, 0.4) is 0 Å². The number of nitrogens with one attached hydrogen (secondary N) is 2. The highest BCUT2D eigenvalue weighted by Gasteiger charge is 2.15. The first-order valence-electron chi connectivity index (χ1n) is 10.6. The van der Waals surface area contributed by atoms with Crippen molar-refractivity contribution in [3.63, 3.8) is 0 Å². The number of methoxy groups -OCH3 is 1. The van der Waals surface area contributed by atoms with Gasteiger partial charge in [-0.2, -0.15) is 0 Å². The summed E-state index contributed by atoms with van der Waals surface area (Å²) in [5.74, 6) is 1.18. The molecule has 1 heterocycles. The van der Waals surface area contributed by atoms with Crippen LogP contribution in [-0.2, 0) is 0 Å². The smallest absolute Gasteiger partial charge is 0.257 e. The number of anilines is 1. The normalized spacial score (nSPS) is 10.9. The van der Waals surface area contributed by atoms with Gasteiger partial charge in [-0.3, -0.25) is 10.1 Å². The van der Waals surface area contributed by atoms with Crippen LogP contribution in [-0.4, -0.2) is 23.1 Å². The molecule has 4 aromatic rings. The van der Waals surface area contributed by atoms with E-state index in [1.807, 2.05) is 43.3 Å². The van der Waals surface area contributed by atoms with Crippen LogP contribution in [0.2, 0.25) is 0 Å². The molecule has 33 heavy (non-hydrogen) atoms. The first-order chi connectivity index (χ1) is 15.8. The topological polar surface area (TPSA) is 76.4 Å². The van der Waals surface area contributed by atoms with E-state index < -0.39 is 0 Å². The summed E-state index contributed by atoms with van der Waals surface area (Å²) >= 11 is 5.37. The molecule has 0 aliphatic heterocycles. The summed E-state index contributed by atoms with van der Waals surface area (Å²) in [6.45, 7) is 6.22. The zero-order chi connectivity index (χ0) is 23.5. The van der Waals surface area contributed by atoms with E-state index in [2.05, 4.69) is 35.5 Å². The number of rotatable bonds is 5. The molecule has 0 aliphatic rings. The maximum absolute atomic E-state index is 12.5. The van der Waals surface area contributed by atoms with Gasteiger partial charge in [0.05, 0.1) is 12.8 Å². The molecule has 0 aliphatic carbocycles. The molecule has 1 amide bonds. The largest absolute Gasteiger partial charge is 0.495 e. The van der Waals surface area contributed by atoms with Crippen LogP contribution < -0.4 is 15.4 Å². The van der Waals surface area contributed by atoms with Gasteiger partial charge in [0.15, 0.2) is 10.7 Å². The van der Waals surface area contributed by atoms with Crippen LogP contribution in [0.4, 0.5) is 5.69 Å². The van der Waals surface area contributed by atoms with Crippen molar-refractivity contribution in [1.29, 1.82) is 0 Å². The maximum atomic E-state index is 12.5. The van der Waals surface area contributed by atoms with Gasteiger partial charge in [-0.05, 0) is 73.1 Å². The lowest BCUT2D eigenvalue weighted by Gasteiger charge is -2.13. The van der Waals surface area contributed by atoms with Crippen molar-refractivity contribution in [2.45, 2.75) is 26.7 Å². The van der Waals surface area contributed by atoms with Crippen LogP contribution in [0.5, 0.6) is 5.75 Å². The van der Waals surface area contributed by atoms with Gasteiger partial charge in [0, 0.05) is 11.1 Å². The summed E-state index contributed by atoms with van der Waals surface area (Å²) in [6, 6.07) is 18.9. The van der Waals surface area contributed by atoms with E-state index in [4.69, 9.17) is 21.4 Å². The molecule has 0 spiro atoms. The molecule has 168 valence electrons. The van der Waals surface area contributed by atoms with E-state index in [0.717, 1.165) is 22.2 Å². The minimum atomic E-state index is -0.286. The van der Waals surface area contributed by atoms with Crippen molar-refractivity contribution < 1.29 is 13.9 Å². The van der Waals surface area contributed by atoms with Crippen LogP contribution in [0, 0.1) is 6.92 Å². The number of nitrogens with zero attached hydrogens (tertiary/aromatic N) is 1. The summed E-state index contributed by atoms with van der Waals surface area (Å²) < 4.78 is 11.4. The highest BCUT2D eigenvalue weighted by atomic mass is 32.1. The van der Waals surface area contributed by atoms with E-state index in [9.17, 15) is 4.79 Å². The summed E-state index contributed by atoms with van der Waals surface area (Å²) in [4.78, 5) is 17.2. The molecular formula is C26H25N3O3S. The first kappa shape index (κ1) is 22.5. The second kappa shape index (κ2) is 9.42. The van der Waals surface area contributed by atoms with E-state index in [-0.39, 0.29) is 11.0 Å². The highest BCUT2D eigenvalue weighted by molar-refractivity contribution is 7.80. The lowest BCUT2D eigenvalue weighted by molar-refractivity contribution is 0.0977. The van der Waals surface area contributed by atoms with Crippen molar-refractivity contribution in [3.05, 3.63) is 77.4 Å². The third kappa shape index (κ3) is 5.04. The van der Waals surface area contributed by atoms with Gasteiger partial charge in [0.25, 0.3) is 5.91 Å². The molecule has 6 nitrogen and oxygen atoms in total. The van der Waals surface area contributed by atoms with Gasteiger partial charge < -0.3 is 14.5 Å². The fraction of sp³-hybridized carbons (Fsp3) is 0.192. The van der Waals surface area contributed by atoms with Crippen molar-refractivity contribution in [3.8, 4) is 17.2 Å². The number of hydrogen-bond acceptors (Lipinski definition) is 5. The third-order valence-corrected chi connectivity index (χ3v) is 5.48. The standard InChI is InChI=1S/C26H25N3O3S/c1-15(2)17-8-11-23-21(13-17)27-25(32-23)19-9-10-22(31-4)20(14-19)28-26(33)29-24(30)18-7-5-6-16(3)12-18/h5-15H,1-4H3,(H2,28,29,30,33). The predicted octanol–water partition coefficient (Wildman–Crippen LogP) is 6.06. The number of aryl methyl sites for hydroxylation is 1. The molecule has 0 radical (unpaired) electrons.